The molecule has 0 aliphatic carbocycles. The van der Waals surface area contributed by atoms with E-state index in [9.17, 15) is 23.2 Å². The lowest BCUT2D eigenvalue weighted by Gasteiger charge is -2.09. The standard InChI is InChI=1S/C19H10F3NO3/c20-19(21,22)26-14-7-3-6-13(8-14)17-18(24)15-9-11-4-1-2-5-12(11)10-16(15)23(17)25/h1-10H. The maximum Gasteiger partial charge on any atom is 0.573 e. The average Bonchev–Trinajstić information content (AvgIpc) is 2.82. The molecule has 3 aromatic rings. The molecule has 0 bridgehead atoms. The number of ketones is 1. The van der Waals surface area contributed by atoms with Gasteiger partial charge in [0.15, 0.2) is 0 Å². The van der Waals surface area contributed by atoms with Gasteiger partial charge in [0.1, 0.15) is 11.3 Å². The van der Waals surface area contributed by atoms with Gasteiger partial charge in [-0.15, -0.1) is 13.2 Å². The predicted octanol–water partition coefficient (Wildman–Crippen LogP) is 4.57. The number of hydrogen-bond donors (Lipinski definition) is 0. The van der Waals surface area contributed by atoms with Crippen LogP contribution in [-0.4, -0.2) is 22.6 Å². The SMILES string of the molecule is O=C1C(c2cccc(OC(F)(F)F)c2)=[N+]([O-])c2cc3ccccc3cc21. The molecule has 0 atom stereocenters. The molecule has 1 heterocycles. The molecular formula is C19H10F3NO3. The largest absolute Gasteiger partial charge is 0.618 e. The highest BCUT2D eigenvalue weighted by atomic mass is 19.4. The Hall–Kier alpha value is -3.35. The molecule has 0 saturated heterocycles. The predicted molar refractivity (Wildman–Crippen MR) is 88.8 cm³/mol. The fourth-order valence-electron chi connectivity index (χ4n) is 3.01. The molecule has 3 aromatic carbocycles. The molecule has 7 heteroatoms. The Morgan fingerprint density at radius 1 is 0.923 bits per heavy atom. The first kappa shape index (κ1) is 16.1. The van der Waals surface area contributed by atoms with E-state index in [1.807, 2.05) is 24.3 Å². The molecule has 0 unspecified atom stereocenters. The van der Waals surface area contributed by atoms with Gasteiger partial charge < -0.3 is 9.94 Å². The van der Waals surface area contributed by atoms with Crippen molar-refractivity contribution in [3.05, 3.63) is 77.0 Å². The third-order valence-electron chi connectivity index (χ3n) is 4.09. The van der Waals surface area contributed by atoms with Crippen LogP contribution in [0, 0.1) is 5.21 Å². The third-order valence-corrected chi connectivity index (χ3v) is 4.09. The highest BCUT2D eigenvalue weighted by molar-refractivity contribution is 6.52. The van der Waals surface area contributed by atoms with Crippen molar-refractivity contribution in [1.82, 2.24) is 0 Å². The van der Waals surface area contributed by atoms with Crippen LogP contribution in [0.1, 0.15) is 15.9 Å². The Morgan fingerprint density at radius 3 is 2.31 bits per heavy atom. The molecule has 26 heavy (non-hydrogen) atoms. The fourth-order valence-corrected chi connectivity index (χ4v) is 3.01. The molecule has 0 spiro atoms. The third kappa shape index (κ3) is 2.67. The summed E-state index contributed by atoms with van der Waals surface area (Å²) >= 11 is 0. The maximum atomic E-state index is 12.7. The van der Waals surface area contributed by atoms with Crippen LogP contribution >= 0.6 is 0 Å². The lowest BCUT2D eigenvalue weighted by atomic mass is 10.00. The molecule has 0 aromatic heterocycles. The lowest BCUT2D eigenvalue weighted by molar-refractivity contribution is -0.355. The number of halogens is 3. The van der Waals surface area contributed by atoms with Crippen LogP contribution in [0.5, 0.6) is 5.75 Å². The second-order valence-corrected chi connectivity index (χ2v) is 5.76. The van der Waals surface area contributed by atoms with Gasteiger partial charge in [-0.05, 0) is 35.0 Å². The van der Waals surface area contributed by atoms with Crippen molar-refractivity contribution in [2.75, 3.05) is 0 Å². The van der Waals surface area contributed by atoms with Gasteiger partial charge in [0, 0.05) is 6.07 Å². The van der Waals surface area contributed by atoms with Gasteiger partial charge in [0.25, 0.3) is 11.5 Å². The Kier molecular flexibility index (Phi) is 3.47. The molecule has 1 aliphatic heterocycles. The summed E-state index contributed by atoms with van der Waals surface area (Å²) in [5, 5.41) is 14.2. The number of fused-ring (bicyclic) bond motifs is 2. The number of ether oxygens (including phenoxy) is 1. The zero-order valence-corrected chi connectivity index (χ0v) is 13.1. The van der Waals surface area contributed by atoms with Crippen LogP contribution in [0.3, 0.4) is 0 Å². The van der Waals surface area contributed by atoms with Crippen LogP contribution in [0.2, 0.25) is 0 Å². The van der Waals surface area contributed by atoms with E-state index in [-0.39, 0.29) is 22.5 Å². The molecule has 4 nitrogen and oxygen atoms in total. The van der Waals surface area contributed by atoms with E-state index in [4.69, 9.17) is 0 Å². The smallest absolute Gasteiger partial charge is 0.573 e. The molecule has 130 valence electrons. The summed E-state index contributed by atoms with van der Waals surface area (Å²) in [5.74, 6) is -1.03. The molecule has 4 rings (SSSR count). The number of alkyl halides is 3. The molecule has 0 N–H and O–H groups in total. The zero-order chi connectivity index (χ0) is 18.5. The summed E-state index contributed by atoms with van der Waals surface area (Å²) < 4.78 is 41.6. The van der Waals surface area contributed by atoms with Gasteiger partial charge in [0.2, 0.25) is 5.69 Å². The minimum Gasteiger partial charge on any atom is -0.618 e. The van der Waals surface area contributed by atoms with Crippen molar-refractivity contribution >= 4 is 28.0 Å². The number of nitrogens with zero attached hydrogens (tertiary/aromatic N) is 1. The average molecular weight is 357 g/mol. The molecule has 0 fully saturated rings. The minimum atomic E-state index is -4.86. The van der Waals surface area contributed by atoms with Gasteiger partial charge in [-0.2, -0.15) is 4.74 Å². The van der Waals surface area contributed by atoms with E-state index in [0.717, 1.165) is 22.9 Å². The first-order valence-corrected chi connectivity index (χ1v) is 7.61. The molecular weight excluding hydrogens is 347 g/mol. The van der Waals surface area contributed by atoms with Gasteiger partial charge in [-0.25, -0.2) is 0 Å². The van der Waals surface area contributed by atoms with Crippen LogP contribution < -0.4 is 4.74 Å². The molecule has 1 aliphatic rings. The van der Waals surface area contributed by atoms with Gasteiger partial charge in [-0.1, -0.05) is 30.3 Å². The summed E-state index contributed by atoms with van der Waals surface area (Å²) in [6, 6.07) is 15.3. The quantitative estimate of drug-likeness (QED) is 0.499. The second-order valence-electron chi connectivity index (χ2n) is 5.76. The minimum absolute atomic E-state index is 0.0620. The topological polar surface area (TPSA) is 52.4 Å². The normalized spacial score (nSPS) is 14.0. The maximum absolute atomic E-state index is 12.7. The highest BCUT2D eigenvalue weighted by Crippen LogP contribution is 2.33. The monoisotopic (exact) mass is 357 g/mol. The van der Waals surface area contributed by atoms with E-state index in [1.165, 1.54) is 12.1 Å². The summed E-state index contributed by atoms with van der Waals surface area (Å²) in [6.07, 6.45) is -4.86. The molecule has 0 saturated carbocycles. The van der Waals surface area contributed by atoms with Crippen molar-refractivity contribution in [2.45, 2.75) is 6.36 Å². The van der Waals surface area contributed by atoms with E-state index in [2.05, 4.69) is 4.74 Å². The molecule has 0 amide bonds. The lowest BCUT2D eigenvalue weighted by Crippen LogP contribution is -2.19. The van der Waals surface area contributed by atoms with Crippen molar-refractivity contribution in [3.63, 3.8) is 0 Å². The second kappa shape index (κ2) is 5.59. The fraction of sp³-hybridized carbons (Fsp3) is 0.0526. The van der Waals surface area contributed by atoms with Crippen molar-refractivity contribution in [3.8, 4) is 5.75 Å². The number of rotatable bonds is 2. The van der Waals surface area contributed by atoms with E-state index in [0.29, 0.717) is 4.74 Å². The van der Waals surface area contributed by atoms with Crippen LogP contribution in [0.25, 0.3) is 10.8 Å². The number of benzene rings is 3. The Balaban J connectivity index is 1.82. The summed E-state index contributed by atoms with van der Waals surface area (Å²) in [7, 11) is 0. The van der Waals surface area contributed by atoms with Crippen molar-refractivity contribution in [1.29, 1.82) is 0 Å². The van der Waals surface area contributed by atoms with E-state index in [1.54, 1.807) is 12.1 Å². The summed E-state index contributed by atoms with van der Waals surface area (Å²) in [4.78, 5) is 12.7. The van der Waals surface area contributed by atoms with Crippen molar-refractivity contribution in [2.24, 2.45) is 0 Å². The van der Waals surface area contributed by atoms with Gasteiger partial charge in [-0.3, -0.25) is 4.79 Å². The Bertz CT molecular complexity index is 1090. The number of Topliss-reactive ketones (excluding diaryl/α,β-unsaturated/α-hetero) is 1. The van der Waals surface area contributed by atoms with E-state index >= 15 is 0 Å². The van der Waals surface area contributed by atoms with Crippen LogP contribution in [0.15, 0.2) is 60.7 Å². The number of carbonyl (C=O) groups excluding carboxylic acids is 1. The van der Waals surface area contributed by atoms with E-state index < -0.39 is 17.9 Å². The zero-order valence-electron chi connectivity index (χ0n) is 13.1. The van der Waals surface area contributed by atoms with Crippen LogP contribution in [-0.2, 0) is 0 Å². The Morgan fingerprint density at radius 2 is 1.62 bits per heavy atom. The first-order valence-electron chi connectivity index (χ1n) is 7.61. The number of carbonyl (C=O) groups is 1. The first-order chi connectivity index (χ1) is 12.3. The summed E-state index contributed by atoms with van der Waals surface area (Å²) in [6.45, 7) is 0. The number of hydrogen-bond acceptors (Lipinski definition) is 3. The van der Waals surface area contributed by atoms with Gasteiger partial charge >= 0.3 is 6.36 Å². The van der Waals surface area contributed by atoms with Gasteiger partial charge in [0.05, 0.1) is 5.56 Å². The van der Waals surface area contributed by atoms with Crippen LogP contribution in [0.4, 0.5) is 18.9 Å². The Labute approximate surface area is 145 Å². The summed E-state index contributed by atoms with van der Waals surface area (Å²) in [5.41, 5.74) is 0.219. The highest BCUT2D eigenvalue weighted by Gasteiger charge is 2.37. The molecule has 0 radical (unpaired) electrons. The van der Waals surface area contributed by atoms with Crippen molar-refractivity contribution < 1.29 is 27.4 Å².